The van der Waals surface area contributed by atoms with Crippen molar-refractivity contribution in [2.75, 3.05) is 43.5 Å². The molecule has 1 aromatic carbocycles. The van der Waals surface area contributed by atoms with E-state index >= 15 is 4.39 Å². The number of hydrogen-bond donors (Lipinski definition) is 2. The Bertz CT molecular complexity index is 1740. The molecule has 8 rings (SSSR count). The molecule has 5 aliphatic rings. The molecule has 1 unspecified atom stereocenters. The molecule has 0 radical (unpaired) electrons. The van der Waals surface area contributed by atoms with Gasteiger partial charge in [-0.2, -0.15) is 23.1 Å². The fourth-order valence-corrected chi connectivity index (χ4v) is 8.47. The lowest BCUT2D eigenvalue weighted by atomic mass is 9.94. The molecule has 4 atom stereocenters. The Morgan fingerprint density at radius 2 is 1.98 bits per heavy atom. The van der Waals surface area contributed by atoms with Crippen LogP contribution >= 0.6 is 0 Å². The zero-order valence-electron chi connectivity index (χ0n) is 25.1. The van der Waals surface area contributed by atoms with E-state index in [1.165, 1.54) is 13.0 Å². The van der Waals surface area contributed by atoms with Crippen molar-refractivity contribution < 1.29 is 35.8 Å². The van der Waals surface area contributed by atoms with Gasteiger partial charge in [0, 0.05) is 48.8 Å². The molecule has 7 heterocycles. The van der Waals surface area contributed by atoms with Gasteiger partial charge >= 0.3 is 12.2 Å². The summed E-state index contributed by atoms with van der Waals surface area (Å²) in [6.07, 6.45) is -1.55. The molecule has 2 bridgehead atoms. The van der Waals surface area contributed by atoms with Gasteiger partial charge in [0.15, 0.2) is 5.82 Å². The van der Waals surface area contributed by atoms with Crippen molar-refractivity contribution in [1.29, 1.82) is 0 Å². The molecule has 0 amide bonds. The van der Waals surface area contributed by atoms with Gasteiger partial charge in [-0.3, -0.25) is 4.90 Å². The average Bonchev–Trinajstić information content (AvgIpc) is 3.61. The van der Waals surface area contributed by atoms with Crippen LogP contribution in [0.25, 0.3) is 22.2 Å². The predicted molar refractivity (Wildman–Crippen MR) is 157 cm³/mol. The highest BCUT2D eigenvalue weighted by atomic mass is 19.4. The first-order valence-electron chi connectivity index (χ1n) is 15.6. The van der Waals surface area contributed by atoms with E-state index in [1.54, 1.807) is 4.90 Å². The van der Waals surface area contributed by atoms with E-state index in [0.717, 1.165) is 25.3 Å². The summed E-state index contributed by atoms with van der Waals surface area (Å²) in [6, 6.07) is 2.20. The zero-order valence-corrected chi connectivity index (χ0v) is 25.1. The maximum Gasteiger partial charge on any atom is 0.417 e. The lowest BCUT2D eigenvalue weighted by Crippen LogP contribution is -2.59. The van der Waals surface area contributed by atoms with Gasteiger partial charge in [0.25, 0.3) is 5.92 Å². The summed E-state index contributed by atoms with van der Waals surface area (Å²) in [6.45, 7) is 1.99. The topological polar surface area (TPSA) is 102 Å². The smallest absolute Gasteiger partial charge is 0.417 e. The molecule has 0 spiro atoms. The van der Waals surface area contributed by atoms with Crippen LogP contribution in [0.5, 0.6) is 11.9 Å². The number of nitrogen functional groups attached to an aromatic ring is 1. The molecule has 46 heavy (non-hydrogen) atoms. The van der Waals surface area contributed by atoms with Crippen LogP contribution in [0.3, 0.4) is 0 Å². The summed E-state index contributed by atoms with van der Waals surface area (Å²) < 4.78 is 101. The Hall–Kier alpha value is -3.59. The third-order valence-corrected chi connectivity index (χ3v) is 10.3. The van der Waals surface area contributed by atoms with Crippen LogP contribution in [0.15, 0.2) is 12.1 Å². The molecular weight excluding hydrogens is 616 g/mol. The van der Waals surface area contributed by atoms with Crippen molar-refractivity contribution in [3.8, 4) is 23.1 Å². The van der Waals surface area contributed by atoms with E-state index < -0.39 is 40.3 Å². The number of nitrogens with two attached hydrogens (primary N) is 1. The van der Waals surface area contributed by atoms with Crippen molar-refractivity contribution in [1.82, 2.24) is 25.2 Å². The SMILES string of the molecule is Cc1cc(N)cc(-c2nc3c4c(nc(OCC56CCCN5CC(F)(F)C6)nc4c2F)N2C[C@H]4CC[C@H](N4)[C@H]2CCO3)c1C(F)(F)F. The van der Waals surface area contributed by atoms with Crippen molar-refractivity contribution >= 4 is 22.4 Å². The number of alkyl halides is 5. The molecule has 246 valence electrons. The molecule has 4 saturated heterocycles. The van der Waals surface area contributed by atoms with Crippen molar-refractivity contribution in [3.63, 3.8) is 0 Å². The number of aromatic nitrogens is 3. The number of nitrogens with zero attached hydrogens (tertiary/aromatic N) is 5. The molecule has 0 saturated carbocycles. The van der Waals surface area contributed by atoms with Gasteiger partial charge in [-0.05, 0) is 56.8 Å². The quantitative estimate of drug-likeness (QED) is 0.296. The zero-order chi connectivity index (χ0) is 32.2. The molecular formula is C31H33F6N7O2. The highest BCUT2D eigenvalue weighted by molar-refractivity contribution is 5.97. The average molecular weight is 650 g/mol. The maximum atomic E-state index is 16.8. The normalized spacial score (nSPS) is 28.5. The van der Waals surface area contributed by atoms with Crippen LogP contribution in [0.2, 0.25) is 0 Å². The Kier molecular flexibility index (Phi) is 6.61. The number of nitrogens with one attached hydrogen (secondary N) is 1. The number of ether oxygens (including phenoxy) is 2. The number of piperazine rings is 1. The number of anilines is 2. The van der Waals surface area contributed by atoms with Crippen LogP contribution in [0.4, 0.5) is 37.8 Å². The fourth-order valence-electron chi connectivity index (χ4n) is 8.47. The molecule has 3 aromatic rings. The molecule has 15 heteroatoms. The number of aryl methyl sites for hydroxylation is 1. The highest BCUT2D eigenvalue weighted by Gasteiger charge is 2.57. The van der Waals surface area contributed by atoms with E-state index in [9.17, 15) is 22.0 Å². The van der Waals surface area contributed by atoms with E-state index in [0.29, 0.717) is 31.7 Å². The lowest BCUT2D eigenvalue weighted by molar-refractivity contribution is -0.137. The maximum absolute atomic E-state index is 16.8. The van der Waals surface area contributed by atoms with Crippen LogP contribution in [-0.2, 0) is 6.18 Å². The number of benzene rings is 1. The van der Waals surface area contributed by atoms with E-state index in [4.69, 9.17) is 20.2 Å². The number of hydrogen-bond acceptors (Lipinski definition) is 9. The van der Waals surface area contributed by atoms with Gasteiger partial charge in [0.2, 0.25) is 5.88 Å². The number of halogens is 6. The molecule has 4 fully saturated rings. The monoisotopic (exact) mass is 649 g/mol. The minimum atomic E-state index is -4.84. The summed E-state index contributed by atoms with van der Waals surface area (Å²) in [5.41, 5.74) is 2.30. The highest BCUT2D eigenvalue weighted by Crippen LogP contribution is 2.48. The Morgan fingerprint density at radius 3 is 2.78 bits per heavy atom. The summed E-state index contributed by atoms with van der Waals surface area (Å²) >= 11 is 0. The Balaban J connectivity index is 1.31. The lowest BCUT2D eigenvalue weighted by Gasteiger charge is -2.43. The largest absolute Gasteiger partial charge is 0.477 e. The minimum Gasteiger partial charge on any atom is -0.477 e. The molecule has 5 aliphatic heterocycles. The van der Waals surface area contributed by atoms with Gasteiger partial charge in [0.05, 0.1) is 24.3 Å². The van der Waals surface area contributed by atoms with Crippen LogP contribution < -0.4 is 25.4 Å². The van der Waals surface area contributed by atoms with Crippen molar-refractivity contribution in [3.05, 3.63) is 29.1 Å². The minimum absolute atomic E-state index is 0.00523. The number of rotatable bonds is 4. The molecule has 2 aromatic heterocycles. The van der Waals surface area contributed by atoms with Crippen LogP contribution in [-0.4, -0.2) is 82.3 Å². The van der Waals surface area contributed by atoms with Gasteiger partial charge in [-0.25, -0.2) is 18.2 Å². The third-order valence-electron chi connectivity index (χ3n) is 10.3. The van der Waals surface area contributed by atoms with Gasteiger partial charge in [-0.15, -0.1) is 0 Å². The summed E-state index contributed by atoms with van der Waals surface area (Å²) in [5.74, 6) is -3.78. The number of pyridine rings is 1. The molecule has 0 aliphatic carbocycles. The second kappa shape index (κ2) is 10.2. The summed E-state index contributed by atoms with van der Waals surface area (Å²) in [4.78, 5) is 17.2. The van der Waals surface area contributed by atoms with Gasteiger partial charge < -0.3 is 25.4 Å². The van der Waals surface area contributed by atoms with E-state index in [-0.39, 0.29) is 78.3 Å². The van der Waals surface area contributed by atoms with Crippen molar-refractivity contribution in [2.45, 2.75) is 81.2 Å². The van der Waals surface area contributed by atoms with Gasteiger partial charge in [0.1, 0.15) is 29.0 Å². The summed E-state index contributed by atoms with van der Waals surface area (Å²) in [7, 11) is 0. The third kappa shape index (κ3) is 4.71. The first-order chi connectivity index (χ1) is 21.8. The van der Waals surface area contributed by atoms with Crippen LogP contribution in [0, 0.1) is 12.7 Å². The van der Waals surface area contributed by atoms with Crippen molar-refractivity contribution in [2.24, 2.45) is 0 Å². The van der Waals surface area contributed by atoms with E-state index in [2.05, 4.69) is 20.2 Å². The second-order valence-corrected chi connectivity index (χ2v) is 13.4. The molecule has 9 nitrogen and oxygen atoms in total. The van der Waals surface area contributed by atoms with Gasteiger partial charge in [-0.1, -0.05) is 0 Å². The Morgan fingerprint density at radius 1 is 1.15 bits per heavy atom. The standard InChI is InChI=1S/C31H33F6N7O2/c1-15-9-16(38)10-18(22(15)31(35,36)37)24-23(32)25-21-26(44-11-17-3-4-19(39-17)20(44)5-8-45-27(21)40-24)42-28(41-25)46-14-29-6-2-7-43(29)13-30(33,34)12-29/h9-10,17,19-20,39H,2-8,11-14,38H2,1H3/t17-,19+,20-,29?/m1/s1. The number of fused-ring (bicyclic) bond motifs is 6. The first-order valence-corrected chi connectivity index (χ1v) is 15.6. The molecule has 3 N–H and O–H groups in total. The van der Waals surface area contributed by atoms with E-state index in [1.807, 2.05) is 0 Å². The van der Waals surface area contributed by atoms with Crippen LogP contribution in [0.1, 0.15) is 49.7 Å². The second-order valence-electron chi connectivity index (χ2n) is 13.4. The first kappa shape index (κ1) is 29.8. The predicted octanol–water partition coefficient (Wildman–Crippen LogP) is 5.08. The summed E-state index contributed by atoms with van der Waals surface area (Å²) in [5, 5.41) is 3.75. The fraction of sp³-hybridized carbons (Fsp3) is 0.581. The Labute approximate surface area is 260 Å².